The topological polar surface area (TPSA) is 137 Å². The summed E-state index contributed by atoms with van der Waals surface area (Å²) in [5, 5.41) is 30.0. The number of morpholine rings is 1. The van der Waals surface area contributed by atoms with E-state index in [0.29, 0.717) is 36.8 Å². The standard InChI is InChI=1S/C20H27N5O5/c21-20-22-15(10-19(23-20)30-8-5-24-3-6-29-7-4-24)14-9-13(1-2-16(14)26)25-11-17(27)18(28)12-25/h1-2,9-10,17-18,26-28H,3-8,11-12H2,(H2,21,22,23)/t17-,18-/m0/s1. The Morgan fingerprint density at radius 3 is 2.57 bits per heavy atom. The van der Waals surface area contributed by atoms with Crippen LogP contribution in [0.4, 0.5) is 11.6 Å². The number of aliphatic hydroxyl groups is 2. The van der Waals surface area contributed by atoms with Crippen molar-refractivity contribution in [1.29, 1.82) is 0 Å². The molecule has 2 aromatic rings. The molecule has 10 nitrogen and oxygen atoms in total. The first-order chi connectivity index (χ1) is 14.5. The average Bonchev–Trinajstić information content (AvgIpc) is 3.07. The van der Waals surface area contributed by atoms with Gasteiger partial charge in [-0.1, -0.05) is 0 Å². The van der Waals surface area contributed by atoms with Gasteiger partial charge < -0.3 is 35.4 Å². The highest BCUT2D eigenvalue weighted by Gasteiger charge is 2.30. The maximum atomic E-state index is 10.4. The third-order valence-corrected chi connectivity index (χ3v) is 5.36. The summed E-state index contributed by atoms with van der Waals surface area (Å²) in [4.78, 5) is 12.5. The molecular weight excluding hydrogens is 390 g/mol. The van der Waals surface area contributed by atoms with E-state index in [-0.39, 0.29) is 11.7 Å². The summed E-state index contributed by atoms with van der Waals surface area (Å²) in [7, 11) is 0. The van der Waals surface area contributed by atoms with Gasteiger partial charge >= 0.3 is 0 Å². The van der Waals surface area contributed by atoms with Gasteiger partial charge in [0.1, 0.15) is 12.4 Å². The molecule has 2 fully saturated rings. The van der Waals surface area contributed by atoms with E-state index < -0.39 is 12.2 Å². The van der Waals surface area contributed by atoms with Crippen molar-refractivity contribution in [3.8, 4) is 22.9 Å². The number of ether oxygens (including phenoxy) is 2. The van der Waals surface area contributed by atoms with Crippen LogP contribution in [0.15, 0.2) is 24.3 Å². The molecule has 10 heteroatoms. The third kappa shape index (κ3) is 4.73. The Morgan fingerprint density at radius 2 is 1.83 bits per heavy atom. The first kappa shape index (κ1) is 20.6. The quantitative estimate of drug-likeness (QED) is 0.495. The molecule has 3 heterocycles. The van der Waals surface area contributed by atoms with E-state index in [4.69, 9.17) is 15.2 Å². The zero-order valence-corrected chi connectivity index (χ0v) is 16.6. The lowest BCUT2D eigenvalue weighted by atomic mass is 10.1. The first-order valence-corrected chi connectivity index (χ1v) is 10.0. The van der Waals surface area contributed by atoms with Crippen molar-refractivity contribution in [2.75, 3.05) is 63.2 Å². The zero-order valence-electron chi connectivity index (χ0n) is 16.6. The number of aliphatic hydroxyl groups excluding tert-OH is 2. The normalized spacial score (nSPS) is 22.4. The van der Waals surface area contributed by atoms with Crippen molar-refractivity contribution in [2.45, 2.75) is 12.2 Å². The summed E-state index contributed by atoms with van der Waals surface area (Å²) in [5.74, 6) is 0.421. The number of aromatic hydroxyl groups is 1. The van der Waals surface area contributed by atoms with E-state index in [1.165, 1.54) is 0 Å². The van der Waals surface area contributed by atoms with E-state index in [1.807, 2.05) is 4.90 Å². The third-order valence-electron chi connectivity index (χ3n) is 5.36. The van der Waals surface area contributed by atoms with Crippen LogP contribution in [-0.4, -0.2) is 94.9 Å². The summed E-state index contributed by atoms with van der Waals surface area (Å²) in [6, 6.07) is 6.68. The van der Waals surface area contributed by atoms with Crippen LogP contribution in [-0.2, 0) is 4.74 Å². The molecule has 1 aromatic carbocycles. The fraction of sp³-hybridized carbons (Fsp3) is 0.500. The van der Waals surface area contributed by atoms with Crippen LogP contribution >= 0.6 is 0 Å². The molecule has 2 atom stereocenters. The fourth-order valence-electron chi connectivity index (χ4n) is 3.67. The van der Waals surface area contributed by atoms with Crippen LogP contribution in [0.25, 0.3) is 11.3 Å². The monoisotopic (exact) mass is 417 g/mol. The van der Waals surface area contributed by atoms with Crippen molar-refractivity contribution < 1.29 is 24.8 Å². The Bertz CT molecular complexity index is 867. The minimum absolute atomic E-state index is 0.0383. The zero-order chi connectivity index (χ0) is 21.1. The number of aromatic nitrogens is 2. The van der Waals surface area contributed by atoms with Gasteiger partial charge in [0.25, 0.3) is 0 Å². The number of nitrogens with two attached hydrogens (primary N) is 1. The van der Waals surface area contributed by atoms with Gasteiger partial charge in [-0.25, -0.2) is 4.98 Å². The van der Waals surface area contributed by atoms with E-state index in [1.54, 1.807) is 24.3 Å². The molecule has 2 saturated heterocycles. The molecular formula is C20H27N5O5. The number of β-amino-alcohol motifs (C(OH)–C–C–N with tert-alkyl or cyclic N) is 2. The van der Waals surface area contributed by atoms with Crippen LogP contribution in [0.2, 0.25) is 0 Å². The molecule has 0 radical (unpaired) electrons. The maximum absolute atomic E-state index is 10.4. The van der Waals surface area contributed by atoms with Gasteiger partial charge in [0.2, 0.25) is 11.8 Å². The van der Waals surface area contributed by atoms with Gasteiger partial charge in [-0.2, -0.15) is 4.98 Å². The second kappa shape index (κ2) is 9.00. The number of rotatable bonds is 6. The molecule has 0 unspecified atom stereocenters. The summed E-state index contributed by atoms with van der Waals surface area (Å²) < 4.78 is 11.1. The van der Waals surface area contributed by atoms with Crippen LogP contribution in [0.1, 0.15) is 0 Å². The second-order valence-corrected chi connectivity index (χ2v) is 7.49. The predicted molar refractivity (Wildman–Crippen MR) is 111 cm³/mol. The van der Waals surface area contributed by atoms with Crippen molar-refractivity contribution in [1.82, 2.24) is 14.9 Å². The van der Waals surface area contributed by atoms with Gasteiger partial charge in [0, 0.05) is 50.0 Å². The van der Waals surface area contributed by atoms with Crippen molar-refractivity contribution in [2.24, 2.45) is 0 Å². The summed E-state index contributed by atoms with van der Waals surface area (Å²) >= 11 is 0. The van der Waals surface area contributed by atoms with E-state index in [9.17, 15) is 15.3 Å². The molecule has 5 N–H and O–H groups in total. The summed E-state index contributed by atoms with van der Waals surface area (Å²) in [6.07, 6.45) is -1.60. The molecule has 2 aliphatic heterocycles. The molecule has 4 rings (SSSR count). The Morgan fingerprint density at radius 1 is 1.10 bits per heavy atom. The number of hydrogen-bond acceptors (Lipinski definition) is 10. The second-order valence-electron chi connectivity index (χ2n) is 7.49. The Hall–Kier alpha value is -2.66. The van der Waals surface area contributed by atoms with Crippen molar-refractivity contribution >= 4 is 11.6 Å². The Balaban J connectivity index is 1.49. The molecule has 0 spiro atoms. The highest BCUT2D eigenvalue weighted by molar-refractivity contribution is 5.73. The Kier molecular flexibility index (Phi) is 6.18. The summed E-state index contributed by atoms with van der Waals surface area (Å²) in [5.41, 5.74) is 7.53. The van der Waals surface area contributed by atoms with Crippen molar-refractivity contribution in [3.63, 3.8) is 0 Å². The average molecular weight is 417 g/mol. The summed E-state index contributed by atoms with van der Waals surface area (Å²) in [6.45, 7) is 5.04. The lowest BCUT2D eigenvalue weighted by Gasteiger charge is -2.26. The molecule has 0 bridgehead atoms. The lowest BCUT2D eigenvalue weighted by Crippen LogP contribution is -2.38. The van der Waals surface area contributed by atoms with E-state index in [2.05, 4.69) is 14.9 Å². The van der Waals surface area contributed by atoms with E-state index >= 15 is 0 Å². The minimum Gasteiger partial charge on any atom is -0.507 e. The van der Waals surface area contributed by atoms with Gasteiger partial charge in [-0.05, 0) is 18.2 Å². The van der Waals surface area contributed by atoms with Crippen LogP contribution in [0.5, 0.6) is 11.6 Å². The molecule has 162 valence electrons. The van der Waals surface area contributed by atoms with Crippen LogP contribution in [0.3, 0.4) is 0 Å². The minimum atomic E-state index is -0.802. The number of anilines is 2. The van der Waals surface area contributed by atoms with Gasteiger partial charge in [0.15, 0.2) is 0 Å². The van der Waals surface area contributed by atoms with Crippen molar-refractivity contribution in [3.05, 3.63) is 24.3 Å². The largest absolute Gasteiger partial charge is 0.507 e. The smallest absolute Gasteiger partial charge is 0.223 e. The maximum Gasteiger partial charge on any atom is 0.223 e. The van der Waals surface area contributed by atoms with Crippen LogP contribution in [0, 0.1) is 0 Å². The molecule has 0 saturated carbocycles. The van der Waals surface area contributed by atoms with Gasteiger partial charge in [0.05, 0.1) is 31.1 Å². The SMILES string of the molecule is Nc1nc(OCCN2CCOCC2)cc(-c2cc(N3C[C@H](O)[C@@H](O)C3)ccc2O)n1. The van der Waals surface area contributed by atoms with Gasteiger partial charge in [-0.15, -0.1) is 0 Å². The van der Waals surface area contributed by atoms with Gasteiger partial charge in [-0.3, -0.25) is 4.90 Å². The highest BCUT2D eigenvalue weighted by atomic mass is 16.5. The first-order valence-electron chi connectivity index (χ1n) is 10.0. The number of nitrogens with zero attached hydrogens (tertiary/aromatic N) is 4. The number of phenolic OH excluding ortho intramolecular Hbond substituents is 1. The number of nitrogen functional groups attached to an aromatic ring is 1. The number of phenols is 1. The van der Waals surface area contributed by atoms with E-state index in [0.717, 1.165) is 38.5 Å². The highest BCUT2D eigenvalue weighted by Crippen LogP contribution is 2.34. The molecule has 1 aromatic heterocycles. The molecule has 2 aliphatic rings. The fourth-order valence-corrected chi connectivity index (χ4v) is 3.67. The lowest BCUT2D eigenvalue weighted by molar-refractivity contribution is 0.0320. The molecule has 30 heavy (non-hydrogen) atoms. The van der Waals surface area contributed by atoms with Crippen LogP contribution < -0.4 is 15.4 Å². The predicted octanol–water partition coefficient (Wildman–Crippen LogP) is -0.316. The number of benzene rings is 1. The molecule has 0 amide bonds. The Labute approximate surface area is 174 Å². The molecule has 0 aliphatic carbocycles. The number of hydrogen-bond donors (Lipinski definition) is 4.